The summed E-state index contributed by atoms with van der Waals surface area (Å²) < 4.78 is 6.68. The van der Waals surface area contributed by atoms with Gasteiger partial charge in [-0.1, -0.05) is 188 Å². The van der Waals surface area contributed by atoms with E-state index in [1.54, 1.807) is 0 Å². The highest BCUT2D eigenvalue weighted by Crippen LogP contribution is 2.50. The van der Waals surface area contributed by atoms with Crippen molar-refractivity contribution >= 4 is 65.0 Å². The maximum Gasteiger partial charge on any atom is 0.143 e. The molecular weight excluding hydrogens is 713 g/mol. The first kappa shape index (κ1) is 32.4. The second-order valence-corrected chi connectivity index (χ2v) is 15.9. The number of hydrogen-bond acceptors (Lipinski definition) is 1. The van der Waals surface area contributed by atoms with Gasteiger partial charge in [-0.05, 0) is 123 Å². The molecule has 0 amide bonds. The number of rotatable bonds is 4. The van der Waals surface area contributed by atoms with Crippen LogP contribution in [0.5, 0.6) is 0 Å². The summed E-state index contributed by atoms with van der Waals surface area (Å²) in [6.07, 6.45) is 0. The molecule has 59 heavy (non-hydrogen) atoms. The highest BCUT2D eigenvalue weighted by molar-refractivity contribution is 6.23. The van der Waals surface area contributed by atoms with Crippen LogP contribution in [0.4, 0.5) is 0 Å². The van der Waals surface area contributed by atoms with Gasteiger partial charge in [-0.3, -0.25) is 0 Å². The average Bonchev–Trinajstić information content (AvgIpc) is 3.85. The number of furan rings is 1. The fourth-order valence-electron chi connectivity index (χ4n) is 10.2. The van der Waals surface area contributed by atoms with Crippen molar-refractivity contribution in [3.63, 3.8) is 0 Å². The fraction of sp³-hybridized carbons (Fsp3) is 0. The van der Waals surface area contributed by atoms with Crippen molar-refractivity contribution < 1.29 is 4.42 Å². The molecule has 1 aliphatic rings. The molecule has 0 saturated heterocycles. The van der Waals surface area contributed by atoms with Gasteiger partial charge in [-0.25, -0.2) is 0 Å². The summed E-state index contributed by atoms with van der Waals surface area (Å²) in [6.45, 7) is 0. The minimum atomic E-state index is 0.907. The Morgan fingerprint density at radius 2 is 0.729 bits per heavy atom. The molecule has 0 radical (unpaired) electrons. The Labute approximate surface area is 341 Å². The van der Waals surface area contributed by atoms with Crippen molar-refractivity contribution in [2.45, 2.75) is 0 Å². The molecule has 0 aliphatic heterocycles. The van der Waals surface area contributed by atoms with Crippen LogP contribution in [-0.4, -0.2) is 0 Å². The molecule has 0 spiro atoms. The van der Waals surface area contributed by atoms with Crippen molar-refractivity contribution in [3.05, 3.63) is 206 Å². The first-order valence-corrected chi connectivity index (χ1v) is 20.4. The molecule has 11 aromatic carbocycles. The Balaban J connectivity index is 0.949. The van der Waals surface area contributed by atoms with E-state index in [0.29, 0.717) is 0 Å². The van der Waals surface area contributed by atoms with Crippen LogP contribution < -0.4 is 0 Å². The molecular formula is C58H34O. The highest BCUT2D eigenvalue weighted by Gasteiger charge is 2.23. The van der Waals surface area contributed by atoms with E-state index < -0.39 is 0 Å². The molecule has 0 saturated carbocycles. The summed E-state index contributed by atoms with van der Waals surface area (Å²) in [6, 6.07) is 75.7. The lowest BCUT2D eigenvalue weighted by Gasteiger charge is -2.18. The van der Waals surface area contributed by atoms with Gasteiger partial charge in [0.1, 0.15) is 11.2 Å². The number of benzene rings is 11. The third-order valence-electron chi connectivity index (χ3n) is 12.8. The molecule has 12 aromatic rings. The molecule has 1 heterocycles. The van der Waals surface area contributed by atoms with Crippen LogP contribution in [0.2, 0.25) is 0 Å². The second-order valence-electron chi connectivity index (χ2n) is 15.9. The first-order chi connectivity index (χ1) is 29.3. The highest BCUT2D eigenvalue weighted by atomic mass is 16.3. The van der Waals surface area contributed by atoms with E-state index in [1.165, 1.54) is 98.9 Å². The van der Waals surface area contributed by atoms with E-state index in [9.17, 15) is 0 Å². The van der Waals surface area contributed by atoms with E-state index in [1.807, 2.05) is 0 Å². The normalized spacial score (nSPS) is 12.1. The summed E-state index contributed by atoms with van der Waals surface area (Å²) in [5.41, 5.74) is 16.9. The lowest BCUT2D eigenvalue weighted by Crippen LogP contribution is -1.91. The van der Waals surface area contributed by atoms with Crippen LogP contribution >= 0.6 is 0 Å². The van der Waals surface area contributed by atoms with Gasteiger partial charge in [0.15, 0.2) is 0 Å². The molecule has 1 nitrogen and oxygen atoms in total. The van der Waals surface area contributed by atoms with Crippen LogP contribution in [0.1, 0.15) is 0 Å². The van der Waals surface area contributed by atoms with Crippen LogP contribution in [0.25, 0.3) is 132 Å². The quantitative estimate of drug-likeness (QED) is 0.164. The summed E-state index contributed by atoms with van der Waals surface area (Å²) >= 11 is 0. The minimum absolute atomic E-state index is 0.907. The fourth-order valence-corrected chi connectivity index (χ4v) is 10.2. The maximum atomic E-state index is 6.68. The zero-order valence-corrected chi connectivity index (χ0v) is 32.0. The number of fused-ring (bicyclic) bond motifs is 10. The number of hydrogen-bond donors (Lipinski definition) is 0. The Kier molecular flexibility index (Phi) is 6.79. The van der Waals surface area contributed by atoms with Gasteiger partial charge in [0.25, 0.3) is 0 Å². The summed E-state index contributed by atoms with van der Waals surface area (Å²) in [4.78, 5) is 0. The maximum absolute atomic E-state index is 6.68. The third-order valence-corrected chi connectivity index (χ3v) is 12.8. The lowest BCUT2D eigenvalue weighted by molar-refractivity contribution is 0.673. The summed E-state index contributed by atoms with van der Waals surface area (Å²) in [5, 5.41) is 12.2. The Morgan fingerprint density at radius 1 is 0.254 bits per heavy atom. The van der Waals surface area contributed by atoms with Crippen molar-refractivity contribution in [2.75, 3.05) is 0 Å². The first-order valence-electron chi connectivity index (χ1n) is 20.4. The lowest BCUT2D eigenvalue weighted by atomic mass is 9.85. The smallest absolute Gasteiger partial charge is 0.143 e. The largest absolute Gasteiger partial charge is 0.455 e. The predicted molar refractivity (Wildman–Crippen MR) is 250 cm³/mol. The zero-order valence-electron chi connectivity index (χ0n) is 32.0. The summed E-state index contributed by atoms with van der Waals surface area (Å²) in [5.74, 6) is 0. The third kappa shape index (κ3) is 4.67. The van der Waals surface area contributed by atoms with Gasteiger partial charge < -0.3 is 4.42 Å². The van der Waals surface area contributed by atoms with Gasteiger partial charge in [0.05, 0.1) is 0 Å². The van der Waals surface area contributed by atoms with Crippen molar-refractivity contribution in [1.29, 1.82) is 0 Å². The molecule has 0 atom stereocenters. The van der Waals surface area contributed by atoms with Gasteiger partial charge in [-0.15, -0.1) is 0 Å². The summed E-state index contributed by atoms with van der Waals surface area (Å²) in [7, 11) is 0. The van der Waals surface area contributed by atoms with Crippen LogP contribution in [0, 0.1) is 0 Å². The monoisotopic (exact) mass is 746 g/mol. The molecule has 1 heteroatoms. The SMILES string of the molecule is c1ccc(-c2ccc3c4c(cccc24)-c2ccccc2-3)c(-c2ccc(-c3c4ccccc4c(-c4ccc5c(c4)oc4c6ccccc6ccc54)c4ccccc34)cc2)c1. The van der Waals surface area contributed by atoms with Crippen LogP contribution in [-0.2, 0) is 0 Å². The molecule has 0 N–H and O–H groups in total. The molecule has 0 fully saturated rings. The van der Waals surface area contributed by atoms with E-state index in [4.69, 9.17) is 4.42 Å². The standard InChI is InChI=1S/C58H34O/c1-2-14-40-35(12-1)28-31-53-45-30-29-38(34-54(45)59-58(40)53)56-50-20-9-7-18-48(50)55(49-19-8-10-21-51(49)56)37-26-24-36(25-27-37)39-13-3-4-15-41(39)44-32-33-52-43-17-6-5-16-42(43)46-22-11-23-47(44)57(46)52/h1-34H. The van der Waals surface area contributed by atoms with Crippen molar-refractivity contribution in [3.8, 4) is 66.8 Å². The second kappa shape index (κ2) is 12.4. The predicted octanol–water partition coefficient (Wildman–Crippen LogP) is 16.5. The molecule has 1 aromatic heterocycles. The van der Waals surface area contributed by atoms with Gasteiger partial charge in [0, 0.05) is 16.2 Å². The average molecular weight is 747 g/mol. The van der Waals surface area contributed by atoms with Gasteiger partial charge in [0.2, 0.25) is 0 Å². The van der Waals surface area contributed by atoms with Crippen LogP contribution in [0.3, 0.4) is 0 Å². The van der Waals surface area contributed by atoms with E-state index in [-0.39, 0.29) is 0 Å². The molecule has 1 aliphatic carbocycles. The molecule has 13 rings (SSSR count). The van der Waals surface area contributed by atoms with E-state index >= 15 is 0 Å². The Hall–Kier alpha value is -7.74. The Morgan fingerprint density at radius 3 is 1.42 bits per heavy atom. The van der Waals surface area contributed by atoms with E-state index in [2.05, 4.69) is 206 Å². The van der Waals surface area contributed by atoms with Crippen LogP contribution in [0.15, 0.2) is 211 Å². The minimum Gasteiger partial charge on any atom is -0.455 e. The molecule has 0 bridgehead atoms. The van der Waals surface area contributed by atoms with Gasteiger partial charge in [-0.2, -0.15) is 0 Å². The Bertz CT molecular complexity index is 3630. The zero-order chi connectivity index (χ0) is 38.6. The van der Waals surface area contributed by atoms with Crippen molar-refractivity contribution in [1.82, 2.24) is 0 Å². The molecule has 0 unspecified atom stereocenters. The molecule has 272 valence electrons. The van der Waals surface area contributed by atoms with E-state index in [0.717, 1.165) is 32.9 Å². The topological polar surface area (TPSA) is 13.1 Å². The van der Waals surface area contributed by atoms with Crippen molar-refractivity contribution in [2.24, 2.45) is 0 Å². The van der Waals surface area contributed by atoms with Gasteiger partial charge >= 0.3 is 0 Å².